The molecule has 0 radical (unpaired) electrons. The second kappa shape index (κ2) is 34.0. The summed E-state index contributed by atoms with van der Waals surface area (Å²) in [6.07, 6.45) is -8.57. The summed E-state index contributed by atoms with van der Waals surface area (Å²) in [7, 11) is 0. The fourth-order valence-corrected chi connectivity index (χ4v) is 8.94. The van der Waals surface area contributed by atoms with Gasteiger partial charge in [-0.1, -0.05) is 111 Å². The Balaban J connectivity index is 1.53. The maximum Gasteiger partial charge on any atom is 0.332 e. The molecule has 0 spiro atoms. The van der Waals surface area contributed by atoms with Crippen LogP contribution in [0.4, 0.5) is 0 Å². The van der Waals surface area contributed by atoms with E-state index in [1.165, 1.54) is 0 Å². The molecule has 0 aliphatic carbocycles. The molecule has 0 aromatic carbocycles. The number of esters is 1. The number of carbonyl (C=O) groups excluding carboxylic acids is 1. The number of carboxylic acids is 1. The van der Waals surface area contributed by atoms with E-state index < -0.39 is 136 Å². The Morgan fingerprint density at radius 2 is 1.13 bits per heavy atom. The summed E-state index contributed by atoms with van der Waals surface area (Å²) in [4.78, 5) is 22.6. The first-order chi connectivity index (χ1) is 33.3. The smallest absolute Gasteiger partial charge is 0.332 e. The number of hydrogen-bond donors (Lipinski definition) is 11. The highest BCUT2D eigenvalue weighted by Gasteiger charge is 2.52. The zero-order valence-corrected chi connectivity index (χ0v) is 41.9. The molecule has 70 heavy (non-hydrogen) atoms. The number of ether oxygens (including phenoxy) is 8. The molecule has 18 atom stereocenters. The third-order valence-electron chi connectivity index (χ3n) is 13.2. The molecule has 3 heterocycles. The largest absolute Gasteiger partial charge is 0.479 e. The predicted molar refractivity (Wildman–Crippen MR) is 249 cm³/mol. The lowest BCUT2D eigenvalue weighted by Crippen LogP contribution is -2.65. The van der Waals surface area contributed by atoms with E-state index in [0.29, 0.717) is 38.5 Å². The fourth-order valence-electron chi connectivity index (χ4n) is 8.94. The molecule has 0 aromatic heterocycles. The van der Waals surface area contributed by atoms with E-state index in [4.69, 9.17) is 43.0 Å². The molecule has 18 unspecified atom stereocenters. The number of aliphatic hydroxyl groups is 10. The molecule has 0 saturated carbocycles. The van der Waals surface area contributed by atoms with Crippen molar-refractivity contribution in [2.75, 3.05) is 19.8 Å². The van der Waals surface area contributed by atoms with E-state index >= 15 is 0 Å². The highest BCUT2D eigenvalue weighted by atomic mass is 16.8. The lowest BCUT2D eigenvalue weighted by Gasteiger charge is -2.47. The quantitative estimate of drug-likeness (QED) is 0.0243. The minimum atomic E-state index is -1.89. The zero-order valence-electron chi connectivity index (χ0n) is 41.9. The number of carbonyl (C=O) groups is 2. The molecule has 3 saturated heterocycles. The number of carboxylic acid groups (broad SMARTS) is 1. The van der Waals surface area contributed by atoms with Gasteiger partial charge < -0.3 is 94.1 Å². The Kier molecular flexibility index (Phi) is 30.3. The topological polar surface area (TPSA) is 331 Å². The van der Waals surface area contributed by atoms with E-state index in [1.54, 1.807) is 0 Å². The van der Waals surface area contributed by atoms with Gasteiger partial charge in [-0.25, -0.2) is 4.79 Å². The van der Waals surface area contributed by atoms with Crippen molar-refractivity contribution < 1.29 is 104 Å². The van der Waals surface area contributed by atoms with Crippen molar-refractivity contribution in [2.45, 2.75) is 273 Å². The maximum absolute atomic E-state index is 12.0. The first-order valence-corrected chi connectivity index (χ1v) is 26.0. The number of rotatable bonds is 36. The minimum absolute atomic E-state index is 0.0725. The molecule has 21 heteroatoms. The van der Waals surface area contributed by atoms with E-state index in [9.17, 15) is 60.7 Å². The molecule has 0 amide bonds. The van der Waals surface area contributed by atoms with Crippen LogP contribution in [-0.2, 0) is 47.5 Å². The summed E-state index contributed by atoms with van der Waals surface area (Å²) in [5.41, 5.74) is 0. The van der Waals surface area contributed by atoms with Crippen LogP contribution >= 0.6 is 0 Å². The Hall–Kier alpha value is -1.74. The molecule has 3 aliphatic rings. The van der Waals surface area contributed by atoms with Gasteiger partial charge in [0.05, 0.1) is 38.1 Å². The molecule has 3 rings (SSSR count). The third-order valence-corrected chi connectivity index (χ3v) is 13.2. The van der Waals surface area contributed by atoms with Gasteiger partial charge in [-0.05, 0) is 44.4 Å². The molecule has 3 fully saturated rings. The van der Waals surface area contributed by atoms with Crippen LogP contribution in [0, 0.1) is 5.92 Å². The second-order valence-electron chi connectivity index (χ2n) is 19.9. The Bertz CT molecular complexity index is 1400. The summed E-state index contributed by atoms with van der Waals surface area (Å²) < 4.78 is 46.9. The minimum Gasteiger partial charge on any atom is -0.479 e. The van der Waals surface area contributed by atoms with Gasteiger partial charge >= 0.3 is 11.9 Å². The van der Waals surface area contributed by atoms with Crippen LogP contribution in [0.2, 0.25) is 0 Å². The number of hydrogen-bond acceptors (Lipinski definition) is 20. The highest BCUT2D eigenvalue weighted by molar-refractivity contribution is 5.71. The van der Waals surface area contributed by atoms with Crippen LogP contribution in [0.15, 0.2) is 0 Å². The standard InChI is InChI=1S/C49H90O21/c1-5-6-20-31(21-19-24-33(52)32(51)22-17-15-13-11-9-7-8-10-12-14-16-18-23-34(53)46(61)62)67-48-44(39(56)35(54)26-64-48)70-49-45(41(58)37(28-65-49)66-30(4)50)69-47-43(60)42(59)40(57)36(68-47)27-63-38(55)25-29(2)3/h29,31-45,47-49,51-60H,5-28H2,1-4H3,(H,61,62). The van der Waals surface area contributed by atoms with Gasteiger partial charge in [-0.15, -0.1) is 0 Å². The van der Waals surface area contributed by atoms with Crippen LogP contribution < -0.4 is 0 Å². The normalized spacial score (nSPS) is 31.8. The van der Waals surface area contributed by atoms with Crippen molar-refractivity contribution in [1.29, 1.82) is 0 Å². The van der Waals surface area contributed by atoms with Crippen molar-refractivity contribution in [2.24, 2.45) is 5.92 Å². The second-order valence-corrected chi connectivity index (χ2v) is 19.9. The number of aliphatic hydroxyl groups excluding tert-OH is 10. The van der Waals surface area contributed by atoms with Crippen molar-refractivity contribution >= 4 is 11.9 Å². The van der Waals surface area contributed by atoms with Gasteiger partial charge in [-0.3, -0.25) is 4.79 Å². The number of aliphatic carboxylic acids is 1. The monoisotopic (exact) mass is 1010 g/mol. The molecule has 21 nitrogen and oxygen atoms in total. The fraction of sp³-hybridized carbons (Fsp3) is 0.959. The van der Waals surface area contributed by atoms with E-state index in [2.05, 4.69) is 0 Å². The van der Waals surface area contributed by atoms with Crippen molar-refractivity contribution in [3.63, 3.8) is 0 Å². The Labute approximate surface area is 413 Å². The van der Waals surface area contributed by atoms with Crippen molar-refractivity contribution in [3.05, 3.63) is 0 Å². The van der Waals surface area contributed by atoms with E-state index in [1.807, 2.05) is 20.8 Å². The Morgan fingerprint density at radius 1 is 0.600 bits per heavy atom. The van der Waals surface area contributed by atoms with Gasteiger partial charge in [-0.2, -0.15) is 0 Å². The molecule has 412 valence electrons. The van der Waals surface area contributed by atoms with Crippen molar-refractivity contribution in [1.82, 2.24) is 0 Å². The summed E-state index contributed by atoms with van der Waals surface area (Å²) in [5.74, 6) is -1.85. The van der Waals surface area contributed by atoms with E-state index in [-0.39, 0.29) is 18.9 Å². The molecule has 3 aliphatic heterocycles. The average molecular weight is 1020 g/mol. The SMILES string of the molecule is CCCCC(CCCC(O)C(O)CCCCCCCCCCCCCCC(O)C(=O)O)OC1OCC(O)C(O)C1OC1OCC(OC(C)=O)C(O)C1OC1OC(COC(O)CC(C)C)C(O)C(O)C1O. The Morgan fingerprint density at radius 3 is 1.70 bits per heavy atom. The molecular weight excluding hydrogens is 925 g/mol. The number of unbranched alkanes of at least 4 members (excludes halogenated alkanes) is 12. The molecular formula is C49H90O21. The first kappa shape index (κ1) is 62.6. The molecule has 11 N–H and O–H groups in total. The lowest BCUT2D eigenvalue weighted by molar-refractivity contribution is -0.381. The lowest BCUT2D eigenvalue weighted by atomic mass is 9.98. The van der Waals surface area contributed by atoms with Gasteiger partial charge in [0.2, 0.25) is 0 Å². The molecule has 0 aromatic rings. The van der Waals surface area contributed by atoms with Gasteiger partial charge in [0.1, 0.15) is 54.9 Å². The first-order valence-electron chi connectivity index (χ1n) is 26.0. The van der Waals surface area contributed by atoms with Crippen LogP contribution in [0.1, 0.15) is 163 Å². The van der Waals surface area contributed by atoms with Crippen LogP contribution in [-0.4, -0.2) is 199 Å². The van der Waals surface area contributed by atoms with Crippen LogP contribution in [0.3, 0.4) is 0 Å². The highest BCUT2D eigenvalue weighted by Crippen LogP contribution is 2.33. The van der Waals surface area contributed by atoms with Gasteiger partial charge in [0.15, 0.2) is 37.4 Å². The summed E-state index contributed by atoms with van der Waals surface area (Å²) in [6.45, 7) is 5.73. The summed E-state index contributed by atoms with van der Waals surface area (Å²) in [5, 5.41) is 116. The van der Waals surface area contributed by atoms with Gasteiger partial charge in [0, 0.05) is 13.3 Å². The predicted octanol–water partition coefficient (Wildman–Crippen LogP) is 2.05. The summed E-state index contributed by atoms with van der Waals surface area (Å²) in [6, 6.07) is 0. The third kappa shape index (κ3) is 22.4. The van der Waals surface area contributed by atoms with Crippen LogP contribution in [0.5, 0.6) is 0 Å². The zero-order chi connectivity index (χ0) is 51.8. The van der Waals surface area contributed by atoms with E-state index in [0.717, 1.165) is 96.8 Å². The summed E-state index contributed by atoms with van der Waals surface area (Å²) >= 11 is 0. The maximum atomic E-state index is 12.0. The van der Waals surface area contributed by atoms with Crippen molar-refractivity contribution in [3.8, 4) is 0 Å². The molecule has 0 bridgehead atoms. The van der Waals surface area contributed by atoms with Crippen LogP contribution in [0.25, 0.3) is 0 Å². The average Bonchev–Trinajstić information content (AvgIpc) is 3.31. The van der Waals surface area contributed by atoms with Gasteiger partial charge in [0.25, 0.3) is 0 Å².